The van der Waals surface area contributed by atoms with Gasteiger partial charge in [0.15, 0.2) is 0 Å². The van der Waals surface area contributed by atoms with Crippen LogP contribution in [0, 0.1) is 0 Å². The third kappa shape index (κ3) is 4.30. The molecule has 156 valence electrons. The minimum absolute atomic E-state index is 0.0396. The fourth-order valence-corrected chi connectivity index (χ4v) is 3.60. The largest absolute Gasteiger partial charge is 0.462 e. The van der Waals surface area contributed by atoms with Gasteiger partial charge in [-0.05, 0) is 28.5 Å². The number of amides is 3. The van der Waals surface area contributed by atoms with Crippen molar-refractivity contribution < 1.29 is 23.9 Å². The summed E-state index contributed by atoms with van der Waals surface area (Å²) in [5.74, 6) is -1.74. The summed E-state index contributed by atoms with van der Waals surface area (Å²) in [5.41, 5.74) is 1.56. The third-order valence-corrected chi connectivity index (χ3v) is 5.12. The van der Waals surface area contributed by atoms with Gasteiger partial charge in [-0.15, -0.1) is 0 Å². The zero-order chi connectivity index (χ0) is 21.8. The van der Waals surface area contributed by atoms with Crippen molar-refractivity contribution in [2.45, 2.75) is 6.42 Å². The van der Waals surface area contributed by atoms with E-state index in [0.29, 0.717) is 11.1 Å². The number of benzene rings is 3. The van der Waals surface area contributed by atoms with Crippen LogP contribution in [0.4, 0.5) is 0 Å². The highest BCUT2D eigenvalue weighted by molar-refractivity contribution is 6.21. The van der Waals surface area contributed by atoms with Crippen LogP contribution in [0.25, 0.3) is 10.8 Å². The van der Waals surface area contributed by atoms with Crippen LogP contribution in [0.3, 0.4) is 0 Å². The summed E-state index contributed by atoms with van der Waals surface area (Å²) in [5, 5.41) is 4.58. The summed E-state index contributed by atoms with van der Waals surface area (Å²) >= 11 is 0. The van der Waals surface area contributed by atoms with Gasteiger partial charge in [-0.2, -0.15) is 0 Å². The first-order valence-electron chi connectivity index (χ1n) is 9.89. The fraction of sp³-hybridized carbons (Fsp3) is 0.167. The van der Waals surface area contributed by atoms with Gasteiger partial charge in [-0.3, -0.25) is 24.1 Å². The van der Waals surface area contributed by atoms with Crippen molar-refractivity contribution in [3.05, 3.63) is 83.4 Å². The number of hydrogen-bond acceptors (Lipinski definition) is 5. The molecule has 3 amide bonds. The van der Waals surface area contributed by atoms with E-state index in [1.165, 1.54) is 0 Å². The molecule has 31 heavy (non-hydrogen) atoms. The maximum atomic E-state index is 12.3. The smallest absolute Gasteiger partial charge is 0.325 e. The maximum absolute atomic E-state index is 12.3. The van der Waals surface area contributed by atoms with E-state index in [4.69, 9.17) is 4.74 Å². The van der Waals surface area contributed by atoms with E-state index in [1.807, 2.05) is 42.5 Å². The Labute approximate surface area is 178 Å². The van der Waals surface area contributed by atoms with Crippen LogP contribution in [-0.4, -0.2) is 48.3 Å². The molecule has 3 aromatic carbocycles. The number of esters is 1. The Kier molecular flexibility index (Phi) is 5.75. The summed E-state index contributed by atoms with van der Waals surface area (Å²) in [4.78, 5) is 49.8. The second-order valence-corrected chi connectivity index (χ2v) is 7.12. The molecule has 0 unspecified atom stereocenters. The zero-order valence-electron chi connectivity index (χ0n) is 16.7. The van der Waals surface area contributed by atoms with Crippen molar-refractivity contribution in [2.75, 3.05) is 19.7 Å². The second kappa shape index (κ2) is 8.79. The molecule has 1 aliphatic rings. The van der Waals surface area contributed by atoms with Gasteiger partial charge in [0.1, 0.15) is 13.2 Å². The molecule has 0 saturated carbocycles. The van der Waals surface area contributed by atoms with Crippen molar-refractivity contribution in [2.24, 2.45) is 0 Å². The number of carbonyl (C=O) groups excluding carboxylic acids is 4. The van der Waals surface area contributed by atoms with Gasteiger partial charge in [-0.1, -0.05) is 54.6 Å². The molecule has 0 saturated heterocycles. The van der Waals surface area contributed by atoms with Crippen LogP contribution >= 0.6 is 0 Å². The summed E-state index contributed by atoms with van der Waals surface area (Å²) in [6.45, 7) is -0.461. The summed E-state index contributed by atoms with van der Waals surface area (Å²) < 4.78 is 5.07. The van der Waals surface area contributed by atoms with Crippen LogP contribution in [0.2, 0.25) is 0 Å². The first kappa shape index (κ1) is 20.3. The number of nitrogens with zero attached hydrogens (tertiary/aromatic N) is 1. The molecule has 7 heteroatoms. The monoisotopic (exact) mass is 416 g/mol. The molecule has 0 bridgehead atoms. The van der Waals surface area contributed by atoms with Crippen LogP contribution < -0.4 is 5.32 Å². The van der Waals surface area contributed by atoms with Gasteiger partial charge in [-0.25, -0.2) is 0 Å². The molecule has 4 rings (SSSR count). The number of rotatable bonds is 7. The number of nitrogens with one attached hydrogen (secondary N) is 1. The molecule has 7 nitrogen and oxygen atoms in total. The predicted molar refractivity (Wildman–Crippen MR) is 113 cm³/mol. The zero-order valence-corrected chi connectivity index (χ0v) is 16.7. The van der Waals surface area contributed by atoms with Crippen molar-refractivity contribution in [1.82, 2.24) is 10.2 Å². The van der Waals surface area contributed by atoms with E-state index in [-0.39, 0.29) is 32.0 Å². The number of ether oxygens (including phenoxy) is 1. The van der Waals surface area contributed by atoms with Crippen LogP contribution in [0.5, 0.6) is 0 Å². The highest BCUT2D eigenvalue weighted by Gasteiger charge is 2.34. The van der Waals surface area contributed by atoms with Crippen LogP contribution in [0.15, 0.2) is 66.7 Å². The highest BCUT2D eigenvalue weighted by atomic mass is 16.5. The van der Waals surface area contributed by atoms with E-state index < -0.39 is 17.8 Å². The Balaban J connectivity index is 1.23. The van der Waals surface area contributed by atoms with Gasteiger partial charge < -0.3 is 10.1 Å². The Morgan fingerprint density at radius 3 is 2.23 bits per heavy atom. The normalized spacial score (nSPS) is 12.7. The lowest BCUT2D eigenvalue weighted by Crippen LogP contribution is -2.35. The molecule has 0 aromatic heterocycles. The van der Waals surface area contributed by atoms with E-state index in [9.17, 15) is 19.2 Å². The van der Waals surface area contributed by atoms with Gasteiger partial charge in [0.2, 0.25) is 5.91 Å². The first-order valence-corrected chi connectivity index (χ1v) is 9.89. The van der Waals surface area contributed by atoms with Gasteiger partial charge >= 0.3 is 5.97 Å². The van der Waals surface area contributed by atoms with Gasteiger partial charge in [0, 0.05) is 0 Å². The molecular weight excluding hydrogens is 396 g/mol. The summed E-state index contributed by atoms with van der Waals surface area (Å²) in [6.07, 6.45) is 0.143. The molecule has 0 radical (unpaired) electrons. The number of fused-ring (bicyclic) bond motifs is 2. The molecule has 0 atom stereocenters. The average Bonchev–Trinajstić information content (AvgIpc) is 3.03. The van der Waals surface area contributed by atoms with Crippen molar-refractivity contribution in [1.29, 1.82) is 0 Å². The lowest BCUT2D eigenvalue weighted by Gasteiger charge is -2.14. The summed E-state index contributed by atoms with van der Waals surface area (Å²) in [6, 6.07) is 20.1. The molecule has 0 fully saturated rings. The number of hydrogen-bond donors (Lipinski definition) is 1. The molecule has 1 heterocycles. The first-order chi connectivity index (χ1) is 15.0. The lowest BCUT2D eigenvalue weighted by atomic mass is 10.0. The molecule has 1 aliphatic heterocycles. The van der Waals surface area contributed by atoms with Crippen molar-refractivity contribution in [3.63, 3.8) is 0 Å². The Bertz CT molecular complexity index is 1150. The molecule has 1 N–H and O–H groups in total. The molecule has 0 spiro atoms. The third-order valence-electron chi connectivity index (χ3n) is 5.12. The standard InChI is InChI=1S/C24H20N2O5/c27-21(14-17-8-5-7-16-6-1-2-9-18(16)17)25-15-22(28)31-13-12-26-23(29)19-10-3-4-11-20(19)24(26)30/h1-11H,12-15H2,(H,25,27). The SMILES string of the molecule is O=C(Cc1cccc2ccccc12)NCC(=O)OCCN1C(=O)c2ccccc2C1=O. The fourth-order valence-electron chi connectivity index (χ4n) is 3.60. The van der Waals surface area contributed by atoms with E-state index >= 15 is 0 Å². The minimum Gasteiger partial charge on any atom is -0.462 e. The van der Waals surface area contributed by atoms with Crippen molar-refractivity contribution in [3.8, 4) is 0 Å². The van der Waals surface area contributed by atoms with E-state index in [2.05, 4.69) is 5.32 Å². The molecular formula is C24H20N2O5. The summed E-state index contributed by atoms with van der Waals surface area (Å²) in [7, 11) is 0. The topological polar surface area (TPSA) is 92.8 Å². The van der Waals surface area contributed by atoms with Gasteiger partial charge in [0.25, 0.3) is 11.8 Å². The van der Waals surface area contributed by atoms with Crippen LogP contribution in [0.1, 0.15) is 26.3 Å². The second-order valence-electron chi connectivity index (χ2n) is 7.12. The maximum Gasteiger partial charge on any atom is 0.325 e. The Morgan fingerprint density at radius 2 is 1.48 bits per heavy atom. The predicted octanol–water partition coefficient (Wildman–Crippen LogP) is 2.34. The number of carbonyl (C=O) groups is 4. The number of imide groups is 1. The molecule has 0 aliphatic carbocycles. The Morgan fingerprint density at radius 1 is 0.839 bits per heavy atom. The average molecular weight is 416 g/mol. The Hall–Kier alpha value is -4.00. The minimum atomic E-state index is -0.636. The van der Waals surface area contributed by atoms with E-state index in [1.54, 1.807) is 24.3 Å². The van der Waals surface area contributed by atoms with Crippen molar-refractivity contribution >= 4 is 34.5 Å². The van der Waals surface area contributed by atoms with Gasteiger partial charge in [0.05, 0.1) is 24.1 Å². The lowest BCUT2D eigenvalue weighted by molar-refractivity contribution is -0.144. The van der Waals surface area contributed by atoms with E-state index in [0.717, 1.165) is 21.2 Å². The van der Waals surface area contributed by atoms with Crippen LogP contribution in [-0.2, 0) is 20.7 Å². The quantitative estimate of drug-likeness (QED) is 0.471. The highest BCUT2D eigenvalue weighted by Crippen LogP contribution is 2.22. The molecule has 3 aromatic rings.